The van der Waals surface area contributed by atoms with Gasteiger partial charge < -0.3 is 10.1 Å². The first-order chi connectivity index (χ1) is 7.64. The molecule has 1 heterocycles. The Labute approximate surface area is 91.5 Å². The number of amidine groups is 1. The van der Waals surface area contributed by atoms with Crippen LogP contribution in [0.5, 0.6) is 0 Å². The van der Waals surface area contributed by atoms with E-state index in [-0.39, 0.29) is 12.2 Å². The van der Waals surface area contributed by atoms with Gasteiger partial charge in [0.1, 0.15) is 11.4 Å². The molecule has 96 valence electrons. The van der Waals surface area contributed by atoms with Crippen molar-refractivity contribution in [3.63, 3.8) is 0 Å². The van der Waals surface area contributed by atoms with Gasteiger partial charge in [-0.25, -0.2) is 0 Å². The molecule has 1 aliphatic heterocycles. The standard InChI is InChI=1S/C8H6F6N2O/c1-17-6-15-4(7(9,10)11)2-3-5(16-6)8(12,13)14/h2-3H,1H3,(H,15,16). The lowest BCUT2D eigenvalue weighted by Crippen LogP contribution is -2.32. The molecule has 1 aliphatic rings. The molecule has 0 aromatic heterocycles. The third-order valence-electron chi connectivity index (χ3n) is 1.66. The summed E-state index contributed by atoms with van der Waals surface area (Å²) in [5.74, 6) is 0. The molecule has 0 unspecified atom stereocenters. The average Bonchev–Trinajstić information content (AvgIpc) is 2.37. The number of nitrogens with one attached hydrogen (secondary N) is 1. The van der Waals surface area contributed by atoms with Crippen LogP contribution in [0.2, 0.25) is 0 Å². The maximum absolute atomic E-state index is 12.3. The average molecular weight is 260 g/mol. The molecule has 0 atom stereocenters. The number of aliphatic imine (C=N–C) groups is 1. The molecular weight excluding hydrogens is 254 g/mol. The topological polar surface area (TPSA) is 33.6 Å². The van der Waals surface area contributed by atoms with Crippen molar-refractivity contribution >= 4 is 6.02 Å². The highest BCUT2D eigenvalue weighted by Crippen LogP contribution is 2.30. The Morgan fingerprint density at radius 1 is 1.06 bits per heavy atom. The fourth-order valence-electron chi connectivity index (χ4n) is 0.914. The van der Waals surface area contributed by atoms with Gasteiger partial charge in [0.2, 0.25) is 0 Å². The number of methoxy groups -OCH3 is 1. The van der Waals surface area contributed by atoms with Crippen molar-refractivity contribution in [2.75, 3.05) is 7.11 Å². The number of ether oxygens (including phenoxy) is 1. The van der Waals surface area contributed by atoms with Crippen LogP contribution in [0.25, 0.3) is 0 Å². The summed E-state index contributed by atoms with van der Waals surface area (Å²) >= 11 is 0. The van der Waals surface area contributed by atoms with E-state index in [0.29, 0.717) is 0 Å². The summed E-state index contributed by atoms with van der Waals surface area (Å²) in [6.07, 6.45) is -9.21. The first-order valence-electron chi connectivity index (χ1n) is 4.10. The van der Waals surface area contributed by atoms with Gasteiger partial charge in [-0.3, -0.25) is 0 Å². The number of halogens is 6. The minimum absolute atomic E-state index is 0.224. The van der Waals surface area contributed by atoms with Crippen molar-refractivity contribution < 1.29 is 31.1 Å². The van der Waals surface area contributed by atoms with Gasteiger partial charge in [-0.15, -0.1) is 0 Å². The molecule has 1 N–H and O–H groups in total. The molecule has 1 rings (SSSR count). The van der Waals surface area contributed by atoms with Gasteiger partial charge in [-0.05, 0) is 12.2 Å². The first kappa shape index (κ1) is 13.4. The quantitative estimate of drug-likeness (QED) is 0.679. The zero-order valence-corrected chi connectivity index (χ0v) is 8.28. The zero-order chi connectivity index (χ0) is 13.3. The van der Waals surface area contributed by atoms with Gasteiger partial charge in [-0.2, -0.15) is 31.3 Å². The predicted molar refractivity (Wildman–Crippen MR) is 45.9 cm³/mol. The lowest BCUT2D eigenvalue weighted by Gasteiger charge is -2.13. The smallest absolute Gasteiger partial charge is 0.433 e. The van der Waals surface area contributed by atoms with E-state index in [1.54, 1.807) is 5.32 Å². The zero-order valence-electron chi connectivity index (χ0n) is 8.28. The van der Waals surface area contributed by atoms with E-state index >= 15 is 0 Å². The molecular formula is C8H6F6N2O. The Morgan fingerprint density at radius 3 is 2.06 bits per heavy atom. The van der Waals surface area contributed by atoms with Crippen LogP contribution >= 0.6 is 0 Å². The van der Waals surface area contributed by atoms with Crippen LogP contribution < -0.4 is 5.32 Å². The van der Waals surface area contributed by atoms with Crippen LogP contribution in [0.1, 0.15) is 0 Å². The molecule has 0 spiro atoms. The monoisotopic (exact) mass is 260 g/mol. The number of hydrogen-bond acceptors (Lipinski definition) is 3. The van der Waals surface area contributed by atoms with E-state index in [1.807, 2.05) is 0 Å². The predicted octanol–water partition coefficient (Wildman–Crippen LogP) is 2.48. The summed E-state index contributed by atoms with van der Waals surface area (Å²) in [4.78, 5) is 2.90. The van der Waals surface area contributed by atoms with E-state index in [1.165, 1.54) is 0 Å². The third-order valence-corrected chi connectivity index (χ3v) is 1.66. The second kappa shape index (κ2) is 4.30. The van der Waals surface area contributed by atoms with Crippen LogP contribution in [0, 0.1) is 0 Å². The van der Waals surface area contributed by atoms with Crippen LogP contribution in [0.15, 0.2) is 28.5 Å². The van der Waals surface area contributed by atoms with Gasteiger partial charge in [0, 0.05) is 0 Å². The Balaban J connectivity index is 3.18. The maximum Gasteiger partial charge on any atom is 0.433 e. The Hall–Kier alpha value is -1.67. The van der Waals surface area contributed by atoms with E-state index in [9.17, 15) is 26.3 Å². The molecule has 0 aromatic carbocycles. The lowest BCUT2D eigenvalue weighted by atomic mass is 10.3. The number of alkyl halides is 6. The van der Waals surface area contributed by atoms with Crippen molar-refractivity contribution in [1.29, 1.82) is 0 Å². The van der Waals surface area contributed by atoms with Crippen LogP contribution in [0.4, 0.5) is 26.3 Å². The first-order valence-corrected chi connectivity index (χ1v) is 4.10. The van der Waals surface area contributed by atoms with E-state index in [0.717, 1.165) is 7.11 Å². The molecule has 0 fully saturated rings. The molecule has 0 amide bonds. The lowest BCUT2D eigenvalue weighted by molar-refractivity contribution is -0.0955. The molecule has 0 bridgehead atoms. The fraction of sp³-hybridized carbons (Fsp3) is 0.375. The Morgan fingerprint density at radius 2 is 1.65 bits per heavy atom. The normalized spacial score (nSPS) is 17.5. The van der Waals surface area contributed by atoms with Gasteiger partial charge in [0.05, 0.1) is 7.11 Å². The molecule has 17 heavy (non-hydrogen) atoms. The summed E-state index contributed by atoms with van der Waals surface area (Å²) in [6, 6.07) is -0.880. The third kappa shape index (κ3) is 3.40. The highest BCUT2D eigenvalue weighted by Gasteiger charge is 2.39. The number of allylic oxidation sites excluding steroid dienone is 4. The minimum atomic E-state index is -4.86. The number of nitrogens with zero attached hydrogens (tertiary/aromatic N) is 1. The van der Waals surface area contributed by atoms with E-state index in [2.05, 4.69) is 9.73 Å². The number of rotatable bonds is 0. The van der Waals surface area contributed by atoms with E-state index < -0.39 is 29.8 Å². The molecule has 0 aliphatic carbocycles. The summed E-state index contributed by atoms with van der Waals surface area (Å²) in [5, 5.41) is 1.62. The second-order valence-electron chi connectivity index (χ2n) is 2.87. The molecule has 0 radical (unpaired) electrons. The molecule has 3 nitrogen and oxygen atoms in total. The van der Waals surface area contributed by atoms with Crippen LogP contribution in [0.3, 0.4) is 0 Å². The van der Waals surface area contributed by atoms with Crippen molar-refractivity contribution in [1.82, 2.24) is 5.32 Å². The van der Waals surface area contributed by atoms with Crippen molar-refractivity contribution in [2.45, 2.75) is 12.4 Å². The number of hydrogen-bond donors (Lipinski definition) is 1. The summed E-state index contributed by atoms with van der Waals surface area (Å²) < 4.78 is 78.0. The van der Waals surface area contributed by atoms with Crippen molar-refractivity contribution in [3.05, 3.63) is 23.5 Å². The minimum Gasteiger partial charge on any atom is -0.468 e. The maximum atomic E-state index is 12.3. The second-order valence-corrected chi connectivity index (χ2v) is 2.87. The van der Waals surface area contributed by atoms with Crippen LogP contribution in [-0.2, 0) is 4.74 Å². The molecule has 0 saturated carbocycles. The summed E-state index contributed by atoms with van der Waals surface area (Å²) in [7, 11) is 0.902. The van der Waals surface area contributed by atoms with Gasteiger partial charge in [0.15, 0.2) is 0 Å². The SMILES string of the molecule is COC1=NC(C(F)(F)F)=CC=C(C(F)(F)F)N1. The fourth-order valence-corrected chi connectivity index (χ4v) is 0.914. The van der Waals surface area contributed by atoms with Gasteiger partial charge in [-0.1, -0.05) is 0 Å². The Bertz CT molecular complexity index is 390. The van der Waals surface area contributed by atoms with Crippen LogP contribution in [-0.4, -0.2) is 25.5 Å². The molecule has 9 heteroatoms. The van der Waals surface area contributed by atoms with Crippen molar-refractivity contribution in [3.8, 4) is 0 Å². The largest absolute Gasteiger partial charge is 0.468 e. The molecule has 0 saturated heterocycles. The summed E-state index contributed by atoms with van der Waals surface area (Å²) in [5.41, 5.74) is -2.88. The Kier molecular flexibility index (Phi) is 3.39. The van der Waals surface area contributed by atoms with Crippen molar-refractivity contribution in [2.24, 2.45) is 4.99 Å². The highest BCUT2D eigenvalue weighted by molar-refractivity contribution is 5.77. The van der Waals surface area contributed by atoms with Gasteiger partial charge in [0.25, 0.3) is 6.02 Å². The van der Waals surface area contributed by atoms with E-state index in [4.69, 9.17) is 0 Å². The molecule has 0 aromatic rings. The summed E-state index contributed by atoms with van der Waals surface area (Å²) in [6.45, 7) is 0. The highest BCUT2D eigenvalue weighted by atomic mass is 19.4. The van der Waals surface area contributed by atoms with Gasteiger partial charge >= 0.3 is 12.4 Å².